The van der Waals surface area contributed by atoms with Crippen LogP contribution in [0.3, 0.4) is 0 Å². The standard InChI is InChI=1S/C16H17F3N2O3/c1-8-10(7-21(2)15(22)13(8)16(17,18)19)9-5-11(23-3)14(20)12(6-9)24-4/h5-7H,20H2,1-4H3. The Morgan fingerprint density at radius 2 is 1.62 bits per heavy atom. The molecule has 0 radical (unpaired) electrons. The summed E-state index contributed by atoms with van der Waals surface area (Å²) >= 11 is 0. The summed E-state index contributed by atoms with van der Waals surface area (Å²) in [4.78, 5) is 11.9. The number of hydrogen-bond donors (Lipinski definition) is 1. The second-order valence-corrected chi connectivity index (χ2v) is 5.25. The van der Waals surface area contributed by atoms with Crippen molar-refractivity contribution in [2.24, 2.45) is 7.05 Å². The summed E-state index contributed by atoms with van der Waals surface area (Å²) in [6, 6.07) is 3.01. The summed E-state index contributed by atoms with van der Waals surface area (Å²) in [5, 5.41) is 0. The molecule has 24 heavy (non-hydrogen) atoms. The van der Waals surface area contributed by atoms with Crippen molar-refractivity contribution in [3.05, 3.63) is 39.8 Å². The minimum atomic E-state index is -4.75. The normalized spacial score (nSPS) is 11.5. The van der Waals surface area contributed by atoms with E-state index >= 15 is 0 Å². The number of halogens is 3. The molecular weight excluding hydrogens is 325 g/mol. The fourth-order valence-corrected chi connectivity index (χ4v) is 2.54. The highest BCUT2D eigenvalue weighted by atomic mass is 19.4. The molecule has 0 saturated heterocycles. The third-order valence-electron chi connectivity index (χ3n) is 3.77. The van der Waals surface area contributed by atoms with E-state index < -0.39 is 17.3 Å². The lowest BCUT2D eigenvalue weighted by atomic mass is 9.97. The van der Waals surface area contributed by atoms with E-state index in [1.165, 1.54) is 46.5 Å². The second-order valence-electron chi connectivity index (χ2n) is 5.25. The van der Waals surface area contributed by atoms with Gasteiger partial charge in [0.25, 0.3) is 5.56 Å². The highest BCUT2D eigenvalue weighted by Gasteiger charge is 2.37. The first-order valence-electron chi connectivity index (χ1n) is 6.91. The van der Waals surface area contributed by atoms with Gasteiger partial charge < -0.3 is 19.8 Å². The fraction of sp³-hybridized carbons (Fsp3) is 0.312. The van der Waals surface area contributed by atoms with Crippen LogP contribution in [0.25, 0.3) is 11.1 Å². The lowest BCUT2D eigenvalue weighted by Gasteiger charge is -2.17. The average Bonchev–Trinajstić information content (AvgIpc) is 2.50. The average molecular weight is 342 g/mol. The van der Waals surface area contributed by atoms with Gasteiger partial charge in [-0.25, -0.2) is 0 Å². The number of rotatable bonds is 3. The van der Waals surface area contributed by atoms with Crippen molar-refractivity contribution in [2.75, 3.05) is 20.0 Å². The van der Waals surface area contributed by atoms with E-state index in [1.807, 2.05) is 0 Å². The Hall–Kier alpha value is -2.64. The van der Waals surface area contributed by atoms with E-state index in [2.05, 4.69) is 0 Å². The Kier molecular flexibility index (Phi) is 4.50. The molecule has 0 aliphatic rings. The summed E-state index contributed by atoms with van der Waals surface area (Å²) < 4.78 is 51.0. The van der Waals surface area contributed by atoms with Crippen LogP contribution in [-0.4, -0.2) is 18.8 Å². The van der Waals surface area contributed by atoms with Gasteiger partial charge in [0.15, 0.2) is 0 Å². The van der Waals surface area contributed by atoms with Crippen molar-refractivity contribution in [1.82, 2.24) is 4.57 Å². The topological polar surface area (TPSA) is 66.5 Å². The number of nitrogens with zero attached hydrogens (tertiary/aromatic N) is 1. The maximum Gasteiger partial charge on any atom is 0.421 e. The van der Waals surface area contributed by atoms with Gasteiger partial charge in [-0.2, -0.15) is 13.2 Å². The van der Waals surface area contributed by atoms with Gasteiger partial charge in [0.05, 0.1) is 14.2 Å². The molecule has 0 amide bonds. The van der Waals surface area contributed by atoms with Crippen molar-refractivity contribution in [3.8, 4) is 22.6 Å². The van der Waals surface area contributed by atoms with E-state index in [0.717, 1.165) is 4.57 Å². The number of ether oxygens (including phenoxy) is 2. The molecule has 0 aliphatic heterocycles. The zero-order chi connectivity index (χ0) is 18.2. The molecule has 130 valence electrons. The molecule has 0 saturated carbocycles. The number of methoxy groups -OCH3 is 2. The minimum absolute atomic E-state index is 0.167. The molecule has 2 aromatic rings. The Morgan fingerprint density at radius 3 is 2.04 bits per heavy atom. The Bertz CT molecular complexity index is 817. The number of anilines is 1. The van der Waals surface area contributed by atoms with Crippen LogP contribution in [0.15, 0.2) is 23.1 Å². The van der Waals surface area contributed by atoms with Crippen LogP contribution in [0.1, 0.15) is 11.1 Å². The highest BCUT2D eigenvalue weighted by molar-refractivity contribution is 5.77. The van der Waals surface area contributed by atoms with Gasteiger partial charge in [0.1, 0.15) is 22.7 Å². The third kappa shape index (κ3) is 2.91. The minimum Gasteiger partial charge on any atom is -0.494 e. The van der Waals surface area contributed by atoms with Crippen LogP contribution in [0.4, 0.5) is 18.9 Å². The summed E-state index contributed by atoms with van der Waals surface area (Å²) in [6.45, 7) is 1.26. The zero-order valence-corrected chi connectivity index (χ0v) is 13.6. The number of benzene rings is 1. The molecule has 0 spiro atoms. The van der Waals surface area contributed by atoms with Gasteiger partial charge in [0.2, 0.25) is 0 Å². The van der Waals surface area contributed by atoms with Gasteiger partial charge >= 0.3 is 6.18 Å². The predicted octanol–water partition coefficient (Wildman–Crippen LogP) is 2.98. The van der Waals surface area contributed by atoms with Crippen LogP contribution >= 0.6 is 0 Å². The van der Waals surface area contributed by atoms with E-state index in [4.69, 9.17) is 15.2 Å². The maximum absolute atomic E-state index is 13.3. The highest BCUT2D eigenvalue weighted by Crippen LogP contribution is 2.39. The molecule has 1 heterocycles. The number of aromatic nitrogens is 1. The van der Waals surface area contributed by atoms with Crippen molar-refractivity contribution in [2.45, 2.75) is 13.1 Å². The molecule has 8 heteroatoms. The molecule has 1 aromatic heterocycles. The van der Waals surface area contributed by atoms with E-state index in [-0.39, 0.29) is 28.3 Å². The second kappa shape index (κ2) is 6.10. The van der Waals surface area contributed by atoms with Gasteiger partial charge in [-0.05, 0) is 30.2 Å². The number of nitrogen functional groups attached to an aromatic ring is 1. The number of hydrogen-bond acceptors (Lipinski definition) is 4. The van der Waals surface area contributed by atoms with Gasteiger partial charge in [-0.3, -0.25) is 4.79 Å². The Balaban J connectivity index is 2.84. The van der Waals surface area contributed by atoms with Gasteiger partial charge in [-0.15, -0.1) is 0 Å². The smallest absolute Gasteiger partial charge is 0.421 e. The van der Waals surface area contributed by atoms with E-state index in [9.17, 15) is 18.0 Å². The Labute approximate surface area is 136 Å². The molecule has 1 aromatic carbocycles. The number of nitrogens with two attached hydrogens (primary N) is 1. The monoisotopic (exact) mass is 342 g/mol. The zero-order valence-electron chi connectivity index (χ0n) is 13.6. The fourth-order valence-electron chi connectivity index (χ4n) is 2.54. The van der Waals surface area contributed by atoms with E-state index in [1.54, 1.807) is 0 Å². The lowest BCUT2D eigenvalue weighted by molar-refractivity contribution is -0.139. The number of alkyl halides is 3. The molecule has 0 aliphatic carbocycles. The van der Waals surface area contributed by atoms with Crippen molar-refractivity contribution < 1.29 is 22.6 Å². The van der Waals surface area contributed by atoms with Crippen LogP contribution in [0, 0.1) is 6.92 Å². The van der Waals surface area contributed by atoms with Crippen molar-refractivity contribution in [1.29, 1.82) is 0 Å². The van der Waals surface area contributed by atoms with Crippen molar-refractivity contribution >= 4 is 5.69 Å². The van der Waals surface area contributed by atoms with Crippen LogP contribution < -0.4 is 20.8 Å². The lowest BCUT2D eigenvalue weighted by Crippen LogP contribution is -2.28. The number of aryl methyl sites for hydroxylation is 1. The molecule has 0 unspecified atom stereocenters. The quantitative estimate of drug-likeness (QED) is 0.871. The first-order valence-corrected chi connectivity index (χ1v) is 6.91. The number of pyridine rings is 1. The summed E-state index contributed by atoms with van der Waals surface area (Å²) in [7, 11) is 4.06. The van der Waals surface area contributed by atoms with Gasteiger partial charge in [0, 0.05) is 18.8 Å². The first-order chi connectivity index (χ1) is 11.1. The molecule has 0 fully saturated rings. The molecule has 2 N–H and O–H groups in total. The summed E-state index contributed by atoms with van der Waals surface area (Å²) in [5.41, 5.74) is 4.27. The molecule has 2 rings (SSSR count). The molecule has 5 nitrogen and oxygen atoms in total. The van der Waals surface area contributed by atoms with Crippen molar-refractivity contribution in [3.63, 3.8) is 0 Å². The Morgan fingerprint density at radius 1 is 1.12 bits per heavy atom. The van der Waals surface area contributed by atoms with Crippen LogP contribution in [0.5, 0.6) is 11.5 Å². The molecular formula is C16H17F3N2O3. The first kappa shape index (κ1) is 17.7. The summed E-state index contributed by atoms with van der Waals surface area (Å²) in [5.74, 6) is 0.539. The van der Waals surface area contributed by atoms with Gasteiger partial charge in [-0.1, -0.05) is 0 Å². The molecule has 0 atom stereocenters. The summed E-state index contributed by atoms with van der Waals surface area (Å²) in [6.07, 6.45) is -3.41. The van der Waals surface area contributed by atoms with E-state index in [0.29, 0.717) is 5.56 Å². The predicted molar refractivity (Wildman–Crippen MR) is 84.4 cm³/mol. The maximum atomic E-state index is 13.3. The SMILES string of the molecule is COc1cc(-c2cn(C)c(=O)c(C(F)(F)F)c2C)cc(OC)c1N. The van der Waals surface area contributed by atoms with Crippen LogP contribution in [0.2, 0.25) is 0 Å². The van der Waals surface area contributed by atoms with Crippen LogP contribution in [-0.2, 0) is 13.2 Å². The molecule has 0 bridgehead atoms. The largest absolute Gasteiger partial charge is 0.494 e. The third-order valence-corrected chi connectivity index (χ3v) is 3.77.